The van der Waals surface area contributed by atoms with Gasteiger partial charge >= 0.3 is 0 Å². The number of likely N-dealkylation sites (N-methyl/N-ethyl adjacent to an activating group) is 1. The van der Waals surface area contributed by atoms with E-state index in [9.17, 15) is 14.7 Å². The lowest BCUT2D eigenvalue weighted by Crippen LogP contribution is -2.54. The summed E-state index contributed by atoms with van der Waals surface area (Å²) >= 11 is 0. The zero-order valence-electron chi connectivity index (χ0n) is 26.8. The summed E-state index contributed by atoms with van der Waals surface area (Å²) in [7, 11) is 1.99. The van der Waals surface area contributed by atoms with Crippen LogP contribution in [0.5, 0.6) is 0 Å². The molecule has 1 atom stereocenters. The summed E-state index contributed by atoms with van der Waals surface area (Å²) in [5.74, 6) is 0.303. The molecule has 3 aromatic rings. The van der Waals surface area contributed by atoms with Gasteiger partial charge in [-0.2, -0.15) is 0 Å². The summed E-state index contributed by atoms with van der Waals surface area (Å²) < 4.78 is 0. The second-order valence-corrected chi connectivity index (χ2v) is 12.2. The number of piperazine rings is 2. The van der Waals surface area contributed by atoms with Crippen LogP contribution in [0, 0.1) is 0 Å². The van der Waals surface area contributed by atoms with Crippen LogP contribution in [-0.4, -0.2) is 110 Å². The van der Waals surface area contributed by atoms with Crippen LogP contribution in [0.25, 0.3) is 0 Å². The molecule has 2 heterocycles. The Morgan fingerprint density at radius 3 is 2.00 bits per heavy atom. The van der Waals surface area contributed by atoms with Gasteiger partial charge < -0.3 is 30.0 Å². The molecule has 3 aromatic carbocycles. The highest BCUT2D eigenvalue weighted by Gasteiger charge is 2.28. The van der Waals surface area contributed by atoms with Crippen molar-refractivity contribution in [1.82, 2.24) is 20.0 Å². The van der Waals surface area contributed by atoms with Crippen molar-refractivity contribution in [3.8, 4) is 0 Å². The van der Waals surface area contributed by atoms with E-state index in [1.54, 1.807) is 6.92 Å². The lowest BCUT2D eigenvalue weighted by atomic mass is 10.0. The van der Waals surface area contributed by atoms with E-state index in [-0.39, 0.29) is 31.9 Å². The molecule has 0 bridgehead atoms. The number of carbonyl (C=O) groups excluding carboxylic acids is 2. The molecule has 9 heteroatoms. The van der Waals surface area contributed by atoms with Crippen LogP contribution in [0.3, 0.4) is 0 Å². The summed E-state index contributed by atoms with van der Waals surface area (Å²) in [5, 5.41) is 12.8. The molecule has 2 aliphatic heterocycles. The Balaban J connectivity index is 0.00000480. The van der Waals surface area contributed by atoms with Crippen molar-refractivity contribution in [3.63, 3.8) is 0 Å². The van der Waals surface area contributed by atoms with Crippen LogP contribution in [0.2, 0.25) is 0 Å². The molecule has 0 aliphatic carbocycles. The minimum absolute atomic E-state index is 0. The third-order valence-corrected chi connectivity index (χ3v) is 9.06. The van der Waals surface area contributed by atoms with Crippen LogP contribution in [-0.2, 0) is 29.1 Å². The van der Waals surface area contributed by atoms with Gasteiger partial charge in [-0.25, -0.2) is 0 Å². The first kappa shape index (κ1) is 34.9. The zero-order valence-corrected chi connectivity index (χ0v) is 26.8. The Morgan fingerprint density at radius 2 is 1.39 bits per heavy atom. The third kappa shape index (κ3) is 9.55. The van der Waals surface area contributed by atoms with Crippen LogP contribution >= 0.6 is 0 Å². The molecule has 0 spiro atoms. The Bertz CT molecular complexity index is 1350. The number of rotatable bonds is 12. The van der Waals surface area contributed by atoms with Crippen LogP contribution in [0.15, 0.2) is 78.9 Å². The Labute approximate surface area is 275 Å². The van der Waals surface area contributed by atoms with Crippen molar-refractivity contribution < 1.29 is 14.7 Å². The summed E-state index contributed by atoms with van der Waals surface area (Å²) in [6.07, 6.45) is 0.648. The Kier molecular flexibility index (Phi) is 13.0. The van der Waals surface area contributed by atoms with E-state index in [1.165, 1.54) is 11.3 Å². The minimum atomic E-state index is -0.304. The molecule has 0 radical (unpaired) electrons. The van der Waals surface area contributed by atoms with E-state index in [4.69, 9.17) is 0 Å². The summed E-state index contributed by atoms with van der Waals surface area (Å²) in [4.78, 5) is 36.2. The fourth-order valence-corrected chi connectivity index (χ4v) is 6.18. The van der Waals surface area contributed by atoms with Gasteiger partial charge in [0.1, 0.15) is 0 Å². The number of anilines is 2. The fourth-order valence-electron chi connectivity index (χ4n) is 6.18. The van der Waals surface area contributed by atoms with Gasteiger partial charge in [-0.05, 0) is 47.4 Å². The average molecular weight is 629 g/mol. The molecule has 9 nitrogen and oxygen atoms in total. The standard InChI is InChI=1S/C36H48N6O3.CH4/c1-29(44)40-20-22-41(23-21-40)34-14-8-31(9-15-34)27-37-35(26-30-6-4-3-5-7-30)36(45)42-18-16-39(17-19-42)28-32-10-12-33(13-11-32)38(2)24-25-43;/h3-15,35,37,43H,16-28H2,1-2H3;1H4. The normalized spacial score (nSPS) is 16.1. The van der Waals surface area contributed by atoms with E-state index in [0.29, 0.717) is 32.6 Å². The molecule has 46 heavy (non-hydrogen) atoms. The summed E-state index contributed by atoms with van der Waals surface area (Å²) in [5.41, 5.74) is 5.81. The highest BCUT2D eigenvalue weighted by molar-refractivity contribution is 5.82. The Morgan fingerprint density at radius 1 is 0.783 bits per heavy atom. The van der Waals surface area contributed by atoms with Gasteiger partial charge in [-0.15, -0.1) is 0 Å². The average Bonchev–Trinajstić information content (AvgIpc) is 3.08. The van der Waals surface area contributed by atoms with Crippen LogP contribution in [0.1, 0.15) is 31.0 Å². The lowest BCUT2D eigenvalue weighted by molar-refractivity contribution is -0.135. The maximum Gasteiger partial charge on any atom is 0.240 e. The van der Waals surface area contributed by atoms with Crippen LogP contribution < -0.4 is 15.1 Å². The number of aliphatic hydroxyl groups excluding tert-OH is 1. The fraction of sp³-hybridized carbons (Fsp3) is 0.459. The number of benzene rings is 3. The van der Waals surface area contributed by atoms with Crippen molar-refractivity contribution in [1.29, 1.82) is 0 Å². The number of nitrogens with one attached hydrogen (secondary N) is 1. The quantitative estimate of drug-likeness (QED) is 0.318. The van der Waals surface area contributed by atoms with Gasteiger partial charge in [0.05, 0.1) is 12.6 Å². The van der Waals surface area contributed by atoms with Crippen molar-refractivity contribution in [3.05, 3.63) is 95.6 Å². The number of nitrogens with zero attached hydrogens (tertiary/aromatic N) is 5. The van der Waals surface area contributed by atoms with E-state index in [0.717, 1.165) is 62.6 Å². The Hall–Kier alpha value is -3.92. The van der Waals surface area contributed by atoms with Crippen LogP contribution in [0.4, 0.5) is 11.4 Å². The molecular formula is C37H52N6O3. The van der Waals surface area contributed by atoms with Gasteiger partial charge in [0, 0.05) is 97.3 Å². The molecule has 2 saturated heterocycles. The number of carbonyl (C=O) groups is 2. The second kappa shape index (κ2) is 17.1. The van der Waals surface area contributed by atoms with Gasteiger partial charge in [-0.3, -0.25) is 14.5 Å². The molecule has 2 aliphatic rings. The summed E-state index contributed by atoms with van der Waals surface area (Å²) in [6, 6.07) is 27.0. The van der Waals surface area contributed by atoms with Crippen molar-refractivity contribution in [2.75, 3.05) is 82.4 Å². The SMILES string of the molecule is C.CC(=O)N1CCN(c2ccc(CNC(Cc3ccccc3)C(=O)N3CCN(Cc4ccc(N(C)CCO)cc4)CC3)cc2)CC1. The highest BCUT2D eigenvalue weighted by Crippen LogP contribution is 2.19. The topological polar surface area (TPSA) is 82.6 Å². The predicted molar refractivity (Wildman–Crippen MR) is 187 cm³/mol. The highest BCUT2D eigenvalue weighted by atomic mass is 16.3. The maximum atomic E-state index is 13.9. The van der Waals surface area contributed by atoms with Gasteiger partial charge in [0.15, 0.2) is 0 Å². The van der Waals surface area contributed by atoms with Gasteiger partial charge in [0.25, 0.3) is 0 Å². The third-order valence-electron chi connectivity index (χ3n) is 9.06. The predicted octanol–water partition coefficient (Wildman–Crippen LogP) is 3.47. The molecular weight excluding hydrogens is 576 g/mol. The molecule has 5 rings (SSSR count). The minimum Gasteiger partial charge on any atom is -0.395 e. The van der Waals surface area contributed by atoms with Gasteiger partial charge in [0.2, 0.25) is 11.8 Å². The van der Waals surface area contributed by atoms with Crippen molar-refractivity contribution >= 4 is 23.2 Å². The molecule has 0 saturated carbocycles. The van der Waals surface area contributed by atoms with E-state index in [1.807, 2.05) is 39.9 Å². The number of hydrogen-bond donors (Lipinski definition) is 2. The first-order chi connectivity index (χ1) is 21.9. The molecule has 0 aromatic heterocycles. The second-order valence-electron chi connectivity index (χ2n) is 12.2. The monoisotopic (exact) mass is 628 g/mol. The molecule has 248 valence electrons. The first-order valence-electron chi connectivity index (χ1n) is 16.2. The smallest absolute Gasteiger partial charge is 0.240 e. The maximum absolute atomic E-state index is 13.9. The van der Waals surface area contributed by atoms with E-state index >= 15 is 0 Å². The summed E-state index contributed by atoms with van der Waals surface area (Å²) in [6.45, 7) is 10.2. The molecule has 2 fully saturated rings. The lowest BCUT2D eigenvalue weighted by Gasteiger charge is -2.37. The van der Waals surface area contributed by atoms with Gasteiger partial charge in [-0.1, -0.05) is 62.0 Å². The van der Waals surface area contributed by atoms with Crippen molar-refractivity contribution in [2.45, 2.75) is 39.9 Å². The number of hydrogen-bond acceptors (Lipinski definition) is 7. The molecule has 2 amide bonds. The first-order valence-corrected chi connectivity index (χ1v) is 16.2. The van der Waals surface area contributed by atoms with E-state index < -0.39 is 0 Å². The van der Waals surface area contributed by atoms with E-state index in [2.05, 4.69) is 75.8 Å². The number of amides is 2. The molecule has 1 unspecified atom stereocenters. The number of aliphatic hydroxyl groups is 1. The molecule has 2 N–H and O–H groups in total. The van der Waals surface area contributed by atoms with Crippen molar-refractivity contribution in [2.24, 2.45) is 0 Å². The largest absolute Gasteiger partial charge is 0.395 e. The zero-order chi connectivity index (χ0) is 31.6.